The molecule has 3 rings (SSSR count). The number of aliphatic hydroxyl groups excluding tert-OH is 2. The summed E-state index contributed by atoms with van der Waals surface area (Å²) in [4.78, 5) is 20.9. The van der Waals surface area contributed by atoms with E-state index in [2.05, 4.69) is 4.98 Å². The number of aliphatic hydroxyl groups is 2. The number of carbonyl (C=O) groups excluding carboxylic acids is 1. The molecule has 2 heterocycles. The van der Waals surface area contributed by atoms with Gasteiger partial charge in [0.15, 0.2) is 0 Å². The highest BCUT2D eigenvalue weighted by Crippen LogP contribution is 2.34. The Balaban J connectivity index is 1.79. The van der Waals surface area contributed by atoms with E-state index in [0.29, 0.717) is 31.5 Å². The first-order chi connectivity index (χ1) is 12.9. The standard InChI is InChI=1S/C21H27N3O3/c1-23(2)19-9-8-17(13-22-19)20(27)24-11-10-18(26)21(14-24,15-25)12-16-6-4-3-5-7-16/h3-9,13,18,25-26H,10-12,14-15H2,1-2H3/t18-,21+/m0/s1. The number of nitrogens with zero attached hydrogens (tertiary/aromatic N) is 3. The van der Waals surface area contributed by atoms with Crippen molar-refractivity contribution in [2.24, 2.45) is 5.41 Å². The predicted molar refractivity (Wildman–Crippen MR) is 105 cm³/mol. The summed E-state index contributed by atoms with van der Waals surface area (Å²) in [5, 5.41) is 20.8. The number of pyridine rings is 1. The number of carbonyl (C=O) groups is 1. The molecule has 0 bridgehead atoms. The van der Waals surface area contributed by atoms with Crippen molar-refractivity contribution in [3.05, 3.63) is 59.8 Å². The Morgan fingerprint density at radius 1 is 1.26 bits per heavy atom. The summed E-state index contributed by atoms with van der Waals surface area (Å²) in [5.41, 5.74) is 0.798. The minimum absolute atomic E-state index is 0.120. The van der Waals surface area contributed by atoms with Crippen LogP contribution in [0.15, 0.2) is 48.7 Å². The van der Waals surface area contributed by atoms with Crippen molar-refractivity contribution in [2.45, 2.75) is 18.9 Å². The molecule has 0 aliphatic carbocycles. The molecule has 1 fully saturated rings. The van der Waals surface area contributed by atoms with Gasteiger partial charge >= 0.3 is 0 Å². The third-order valence-corrected chi connectivity index (χ3v) is 5.34. The Labute approximate surface area is 160 Å². The van der Waals surface area contributed by atoms with Crippen LogP contribution in [0.4, 0.5) is 5.82 Å². The minimum atomic E-state index is -0.758. The van der Waals surface area contributed by atoms with Gasteiger partial charge in [-0.15, -0.1) is 0 Å². The van der Waals surface area contributed by atoms with Gasteiger partial charge in [0.25, 0.3) is 5.91 Å². The molecule has 1 saturated heterocycles. The molecule has 2 aromatic rings. The van der Waals surface area contributed by atoms with Gasteiger partial charge < -0.3 is 20.0 Å². The summed E-state index contributed by atoms with van der Waals surface area (Å²) in [6.45, 7) is 0.602. The molecule has 6 heteroatoms. The molecule has 1 amide bonds. The van der Waals surface area contributed by atoms with E-state index in [0.717, 1.165) is 11.4 Å². The van der Waals surface area contributed by atoms with Gasteiger partial charge in [-0.05, 0) is 30.5 Å². The molecule has 1 aliphatic rings. The van der Waals surface area contributed by atoms with Crippen molar-refractivity contribution >= 4 is 11.7 Å². The number of likely N-dealkylation sites (tertiary alicyclic amines) is 1. The molecule has 1 aliphatic heterocycles. The first kappa shape index (κ1) is 19.3. The van der Waals surface area contributed by atoms with Crippen LogP contribution in [-0.4, -0.2) is 65.9 Å². The Morgan fingerprint density at radius 3 is 2.59 bits per heavy atom. The van der Waals surface area contributed by atoms with Crippen LogP contribution in [0, 0.1) is 5.41 Å². The van der Waals surface area contributed by atoms with Crippen LogP contribution < -0.4 is 4.90 Å². The second kappa shape index (κ2) is 8.06. The highest BCUT2D eigenvalue weighted by Gasteiger charge is 2.43. The average molecular weight is 369 g/mol. The third-order valence-electron chi connectivity index (χ3n) is 5.34. The number of piperidine rings is 1. The van der Waals surface area contributed by atoms with Crippen LogP contribution in [0.3, 0.4) is 0 Å². The van der Waals surface area contributed by atoms with E-state index in [9.17, 15) is 15.0 Å². The summed E-state index contributed by atoms with van der Waals surface area (Å²) in [6.07, 6.45) is 1.90. The van der Waals surface area contributed by atoms with Crippen LogP contribution in [0.25, 0.3) is 0 Å². The van der Waals surface area contributed by atoms with E-state index >= 15 is 0 Å². The number of rotatable bonds is 5. The second-order valence-corrected chi connectivity index (χ2v) is 7.51. The molecule has 1 aromatic heterocycles. The van der Waals surface area contributed by atoms with Crippen molar-refractivity contribution in [2.75, 3.05) is 38.7 Å². The maximum Gasteiger partial charge on any atom is 0.255 e. The molecule has 0 saturated carbocycles. The molecular weight excluding hydrogens is 342 g/mol. The highest BCUT2D eigenvalue weighted by atomic mass is 16.3. The fraction of sp³-hybridized carbons (Fsp3) is 0.429. The lowest BCUT2D eigenvalue weighted by Gasteiger charge is -2.45. The normalized spacial score (nSPS) is 22.5. The lowest BCUT2D eigenvalue weighted by atomic mass is 9.73. The zero-order valence-corrected chi connectivity index (χ0v) is 15.9. The smallest absolute Gasteiger partial charge is 0.255 e. The molecule has 2 N–H and O–H groups in total. The van der Waals surface area contributed by atoms with Crippen molar-refractivity contribution in [3.8, 4) is 0 Å². The van der Waals surface area contributed by atoms with E-state index in [1.165, 1.54) is 0 Å². The van der Waals surface area contributed by atoms with E-state index in [4.69, 9.17) is 0 Å². The minimum Gasteiger partial charge on any atom is -0.396 e. The summed E-state index contributed by atoms with van der Waals surface area (Å²) >= 11 is 0. The van der Waals surface area contributed by atoms with E-state index < -0.39 is 11.5 Å². The topological polar surface area (TPSA) is 76.9 Å². The van der Waals surface area contributed by atoms with Crippen LogP contribution in [0.5, 0.6) is 0 Å². The van der Waals surface area contributed by atoms with E-state index in [-0.39, 0.29) is 12.5 Å². The van der Waals surface area contributed by atoms with Gasteiger partial charge in [-0.3, -0.25) is 4.79 Å². The summed E-state index contributed by atoms with van der Waals surface area (Å²) in [5.74, 6) is 0.667. The van der Waals surface area contributed by atoms with Crippen LogP contribution >= 0.6 is 0 Å². The fourth-order valence-corrected chi connectivity index (χ4v) is 3.67. The Bertz CT molecular complexity index is 764. The van der Waals surface area contributed by atoms with Crippen LogP contribution in [0.2, 0.25) is 0 Å². The highest BCUT2D eigenvalue weighted by molar-refractivity contribution is 5.94. The monoisotopic (exact) mass is 369 g/mol. The molecule has 0 unspecified atom stereocenters. The zero-order valence-electron chi connectivity index (χ0n) is 15.9. The summed E-state index contributed by atoms with van der Waals surface area (Å²) < 4.78 is 0. The lowest BCUT2D eigenvalue weighted by Crippen LogP contribution is -2.56. The molecule has 1 aromatic carbocycles. The van der Waals surface area contributed by atoms with Gasteiger partial charge in [0, 0.05) is 38.8 Å². The van der Waals surface area contributed by atoms with Crippen LogP contribution in [0.1, 0.15) is 22.3 Å². The maximum absolute atomic E-state index is 13.0. The Kier molecular flexibility index (Phi) is 5.77. The number of hydrogen-bond donors (Lipinski definition) is 2. The zero-order chi connectivity index (χ0) is 19.4. The lowest BCUT2D eigenvalue weighted by molar-refractivity contribution is -0.0668. The summed E-state index contributed by atoms with van der Waals surface area (Å²) in [6, 6.07) is 13.4. The first-order valence-electron chi connectivity index (χ1n) is 9.21. The van der Waals surface area contributed by atoms with Gasteiger partial charge in [0.1, 0.15) is 5.82 Å². The number of anilines is 1. The first-order valence-corrected chi connectivity index (χ1v) is 9.21. The van der Waals surface area contributed by atoms with Gasteiger partial charge in [0.2, 0.25) is 0 Å². The van der Waals surface area contributed by atoms with Gasteiger partial charge in [0.05, 0.1) is 18.3 Å². The Hall–Kier alpha value is -2.44. The molecule has 0 radical (unpaired) electrons. The van der Waals surface area contributed by atoms with Crippen molar-refractivity contribution in [3.63, 3.8) is 0 Å². The quantitative estimate of drug-likeness (QED) is 0.837. The number of hydrogen-bond acceptors (Lipinski definition) is 5. The molecule has 27 heavy (non-hydrogen) atoms. The molecular formula is C21H27N3O3. The average Bonchev–Trinajstić information content (AvgIpc) is 2.70. The summed E-state index contributed by atoms with van der Waals surface area (Å²) in [7, 11) is 3.80. The van der Waals surface area contributed by atoms with E-state index in [1.807, 2.05) is 55.4 Å². The maximum atomic E-state index is 13.0. The number of aromatic nitrogens is 1. The third kappa shape index (κ3) is 4.12. The molecule has 2 atom stereocenters. The van der Waals surface area contributed by atoms with Gasteiger partial charge in [-0.2, -0.15) is 0 Å². The number of amides is 1. The largest absolute Gasteiger partial charge is 0.396 e. The Morgan fingerprint density at radius 2 is 2.00 bits per heavy atom. The van der Waals surface area contributed by atoms with Crippen molar-refractivity contribution in [1.29, 1.82) is 0 Å². The van der Waals surface area contributed by atoms with Crippen molar-refractivity contribution < 1.29 is 15.0 Å². The van der Waals surface area contributed by atoms with Gasteiger partial charge in [-0.1, -0.05) is 30.3 Å². The SMILES string of the molecule is CN(C)c1ccc(C(=O)N2CC[C@H](O)[C@](CO)(Cc3ccccc3)C2)cn1. The number of benzene rings is 1. The second-order valence-electron chi connectivity index (χ2n) is 7.51. The molecule has 0 spiro atoms. The molecule has 6 nitrogen and oxygen atoms in total. The van der Waals surface area contributed by atoms with E-state index in [1.54, 1.807) is 17.2 Å². The van der Waals surface area contributed by atoms with Gasteiger partial charge in [-0.25, -0.2) is 4.98 Å². The predicted octanol–water partition coefficient (Wildman–Crippen LogP) is 1.58. The van der Waals surface area contributed by atoms with Crippen molar-refractivity contribution in [1.82, 2.24) is 9.88 Å². The fourth-order valence-electron chi connectivity index (χ4n) is 3.67. The van der Waals surface area contributed by atoms with Crippen LogP contribution in [-0.2, 0) is 6.42 Å². The molecule has 144 valence electrons.